The first kappa shape index (κ1) is 20.6. The molecular formula is C18H19F2NO5S. The van der Waals surface area contributed by atoms with Crippen molar-refractivity contribution in [2.75, 3.05) is 18.2 Å². The minimum Gasteiger partial charge on any atom is -0.493 e. The van der Waals surface area contributed by atoms with E-state index >= 15 is 0 Å². The number of hydrogen-bond donors (Lipinski definition) is 1. The summed E-state index contributed by atoms with van der Waals surface area (Å²) >= 11 is 0. The lowest BCUT2D eigenvalue weighted by molar-refractivity contribution is -0.0511. The maximum Gasteiger partial charge on any atom is 0.387 e. The lowest BCUT2D eigenvalue weighted by Crippen LogP contribution is -2.18. The first-order valence-corrected chi connectivity index (χ1v) is 9.69. The Morgan fingerprint density at radius 3 is 2.48 bits per heavy atom. The molecule has 0 aromatic heterocycles. The van der Waals surface area contributed by atoms with Crippen molar-refractivity contribution in [2.24, 2.45) is 0 Å². The first-order chi connectivity index (χ1) is 12.8. The van der Waals surface area contributed by atoms with Crippen molar-refractivity contribution in [3.05, 3.63) is 48.0 Å². The van der Waals surface area contributed by atoms with Gasteiger partial charge in [-0.1, -0.05) is 19.1 Å². The quantitative estimate of drug-likeness (QED) is 0.731. The van der Waals surface area contributed by atoms with Crippen LogP contribution in [0.2, 0.25) is 0 Å². The van der Waals surface area contributed by atoms with Gasteiger partial charge in [0.1, 0.15) is 0 Å². The lowest BCUT2D eigenvalue weighted by Gasteiger charge is -2.13. The molecule has 9 heteroatoms. The molecule has 0 aliphatic heterocycles. The summed E-state index contributed by atoms with van der Waals surface area (Å²) in [6.07, 6.45) is 0.408. The zero-order valence-corrected chi connectivity index (χ0v) is 15.6. The first-order valence-electron chi connectivity index (χ1n) is 8.04. The Bertz CT molecular complexity index is 916. The van der Waals surface area contributed by atoms with E-state index in [2.05, 4.69) is 10.1 Å². The molecule has 0 unspecified atom stereocenters. The molecule has 0 spiro atoms. The molecule has 6 nitrogen and oxygen atoms in total. The highest BCUT2D eigenvalue weighted by Crippen LogP contribution is 2.32. The number of carbonyl (C=O) groups excluding carboxylic acids is 1. The third kappa shape index (κ3) is 5.16. The Labute approximate surface area is 156 Å². The van der Waals surface area contributed by atoms with E-state index < -0.39 is 22.4 Å². The molecule has 0 radical (unpaired) electrons. The molecule has 0 bridgehead atoms. The van der Waals surface area contributed by atoms with E-state index in [4.69, 9.17) is 4.74 Å². The van der Waals surface area contributed by atoms with E-state index in [-0.39, 0.29) is 33.4 Å². The molecule has 0 fully saturated rings. The molecule has 1 amide bonds. The number of alkyl halides is 2. The second-order valence-electron chi connectivity index (χ2n) is 5.51. The number of ether oxygens (including phenoxy) is 2. The fourth-order valence-electron chi connectivity index (χ4n) is 2.45. The van der Waals surface area contributed by atoms with Crippen molar-refractivity contribution in [3.8, 4) is 11.5 Å². The van der Waals surface area contributed by atoms with E-state index in [0.717, 1.165) is 0 Å². The topological polar surface area (TPSA) is 81.7 Å². The number of sulfone groups is 1. The van der Waals surface area contributed by atoms with Crippen molar-refractivity contribution < 1.29 is 31.5 Å². The third-order valence-corrected chi connectivity index (χ3v) is 5.55. The van der Waals surface area contributed by atoms with Crippen molar-refractivity contribution >= 4 is 21.4 Å². The van der Waals surface area contributed by atoms with Gasteiger partial charge in [-0.05, 0) is 30.7 Å². The number of hydrogen-bond acceptors (Lipinski definition) is 5. The molecule has 2 aromatic carbocycles. The monoisotopic (exact) mass is 399 g/mol. The van der Waals surface area contributed by atoms with Gasteiger partial charge in [0, 0.05) is 11.8 Å². The predicted octanol–water partition coefficient (Wildman–Crippen LogP) is 3.73. The summed E-state index contributed by atoms with van der Waals surface area (Å²) in [7, 11) is -2.33. The number of methoxy groups -OCH3 is 1. The highest BCUT2D eigenvalue weighted by atomic mass is 32.2. The molecule has 0 saturated heterocycles. The maximum atomic E-state index is 12.6. The summed E-state index contributed by atoms with van der Waals surface area (Å²) in [5, 5.41) is 2.49. The van der Waals surface area contributed by atoms with Crippen LogP contribution in [0.3, 0.4) is 0 Å². The van der Waals surface area contributed by atoms with Crippen LogP contribution in [0.1, 0.15) is 23.7 Å². The summed E-state index contributed by atoms with van der Waals surface area (Å²) < 4.78 is 59.1. The lowest BCUT2D eigenvalue weighted by atomic mass is 10.2. The molecule has 1 N–H and O–H groups in total. The van der Waals surface area contributed by atoms with Crippen molar-refractivity contribution in [1.29, 1.82) is 0 Å². The van der Waals surface area contributed by atoms with Gasteiger partial charge in [-0.3, -0.25) is 4.79 Å². The van der Waals surface area contributed by atoms with E-state index in [0.29, 0.717) is 6.42 Å². The zero-order chi connectivity index (χ0) is 20.0. The van der Waals surface area contributed by atoms with Gasteiger partial charge in [-0.15, -0.1) is 0 Å². The number of anilines is 1. The van der Waals surface area contributed by atoms with Gasteiger partial charge in [0.15, 0.2) is 21.3 Å². The van der Waals surface area contributed by atoms with E-state index in [1.165, 1.54) is 43.5 Å². The largest absolute Gasteiger partial charge is 0.493 e. The molecule has 0 heterocycles. The fourth-order valence-corrected chi connectivity index (χ4v) is 3.98. The summed E-state index contributed by atoms with van der Waals surface area (Å²) in [5.74, 6) is -0.957. The summed E-state index contributed by atoms with van der Waals surface area (Å²) in [6, 6.07) is 9.77. The van der Waals surface area contributed by atoms with Crippen LogP contribution in [0.25, 0.3) is 0 Å². The molecule has 2 rings (SSSR count). The van der Waals surface area contributed by atoms with Crippen LogP contribution in [0.15, 0.2) is 47.4 Å². The van der Waals surface area contributed by atoms with Gasteiger partial charge < -0.3 is 14.8 Å². The Morgan fingerprint density at radius 1 is 1.15 bits per heavy atom. The van der Waals surface area contributed by atoms with Gasteiger partial charge in [0.25, 0.3) is 5.91 Å². The van der Waals surface area contributed by atoms with Gasteiger partial charge in [0.05, 0.1) is 23.3 Å². The second-order valence-corrected chi connectivity index (χ2v) is 7.59. The Kier molecular flexibility index (Phi) is 6.73. The van der Waals surface area contributed by atoms with Crippen LogP contribution in [-0.4, -0.2) is 33.8 Å². The van der Waals surface area contributed by atoms with Crippen LogP contribution in [0.5, 0.6) is 11.5 Å². The number of carbonyl (C=O) groups is 1. The normalized spacial score (nSPS) is 11.3. The second kappa shape index (κ2) is 8.81. The molecule has 146 valence electrons. The Morgan fingerprint density at radius 2 is 1.85 bits per heavy atom. The minimum atomic E-state index is -3.62. The number of halogens is 2. The molecular weight excluding hydrogens is 380 g/mol. The SMILES string of the molecule is CCCS(=O)(=O)c1ccccc1C(=O)Nc1ccc(OC)c(OC(F)F)c1. The van der Waals surface area contributed by atoms with Crippen LogP contribution in [-0.2, 0) is 9.84 Å². The molecule has 0 saturated carbocycles. The van der Waals surface area contributed by atoms with Crippen LogP contribution >= 0.6 is 0 Å². The molecule has 27 heavy (non-hydrogen) atoms. The van der Waals surface area contributed by atoms with Crippen LogP contribution < -0.4 is 14.8 Å². The summed E-state index contributed by atoms with van der Waals surface area (Å²) in [5.41, 5.74) is 0.122. The van der Waals surface area contributed by atoms with Gasteiger partial charge >= 0.3 is 6.61 Å². The fraction of sp³-hybridized carbons (Fsp3) is 0.278. The standard InChI is InChI=1S/C18H19F2NO5S/c1-3-10-27(23,24)16-7-5-4-6-13(16)17(22)21-12-8-9-14(25-2)15(11-12)26-18(19)20/h4-9,11,18H,3,10H2,1-2H3,(H,21,22). The van der Waals surface area contributed by atoms with E-state index in [1.54, 1.807) is 13.0 Å². The van der Waals surface area contributed by atoms with Crippen LogP contribution in [0, 0.1) is 0 Å². The summed E-state index contributed by atoms with van der Waals surface area (Å²) in [6.45, 7) is -1.34. The highest BCUT2D eigenvalue weighted by Gasteiger charge is 2.22. The molecule has 0 atom stereocenters. The Hall–Kier alpha value is -2.68. The summed E-state index contributed by atoms with van der Waals surface area (Å²) in [4.78, 5) is 12.5. The van der Waals surface area contributed by atoms with Gasteiger partial charge in [-0.25, -0.2) is 8.42 Å². The molecule has 0 aliphatic carbocycles. The average molecular weight is 399 g/mol. The molecule has 0 aliphatic rings. The van der Waals surface area contributed by atoms with Crippen LogP contribution in [0.4, 0.5) is 14.5 Å². The Balaban J connectivity index is 2.34. The number of rotatable bonds is 8. The number of amides is 1. The van der Waals surface area contributed by atoms with Crippen molar-refractivity contribution in [1.82, 2.24) is 0 Å². The number of nitrogens with one attached hydrogen (secondary N) is 1. The highest BCUT2D eigenvalue weighted by molar-refractivity contribution is 7.91. The zero-order valence-electron chi connectivity index (χ0n) is 14.7. The van der Waals surface area contributed by atoms with E-state index in [1.807, 2.05) is 0 Å². The maximum absolute atomic E-state index is 12.6. The van der Waals surface area contributed by atoms with Crippen molar-refractivity contribution in [2.45, 2.75) is 24.9 Å². The van der Waals surface area contributed by atoms with E-state index in [9.17, 15) is 22.0 Å². The van der Waals surface area contributed by atoms with Crippen molar-refractivity contribution in [3.63, 3.8) is 0 Å². The van der Waals surface area contributed by atoms with Gasteiger partial charge in [-0.2, -0.15) is 8.78 Å². The van der Waals surface area contributed by atoms with Gasteiger partial charge in [0.2, 0.25) is 0 Å². The third-order valence-electron chi connectivity index (χ3n) is 3.58. The minimum absolute atomic E-state index is 0.0295. The number of benzene rings is 2. The average Bonchev–Trinajstić information content (AvgIpc) is 2.61. The predicted molar refractivity (Wildman–Crippen MR) is 96.4 cm³/mol. The molecule has 2 aromatic rings. The smallest absolute Gasteiger partial charge is 0.387 e.